The van der Waals surface area contributed by atoms with Crippen LogP contribution in [0.25, 0.3) is 0 Å². The third-order valence-electron chi connectivity index (χ3n) is 5.64. The van der Waals surface area contributed by atoms with E-state index >= 15 is 0 Å². The first kappa shape index (κ1) is 21.5. The van der Waals surface area contributed by atoms with E-state index in [1.54, 1.807) is 0 Å². The summed E-state index contributed by atoms with van der Waals surface area (Å²) in [6.07, 6.45) is 12.2. The van der Waals surface area contributed by atoms with Crippen molar-refractivity contribution in [1.82, 2.24) is 24.8 Å². The molecular formula is C23H34FN5. The largest absolute Gasteiger partial charge is 0.376 e. The van der Waals surface area contributed by atoms with E-state index in [1.807, 2.05) is 12.3 Å². The zero-order chi connectivity index (χ0) is 20.8. The van der Waals surface area contributed by atoms with E-state index in [9.17, 15) is 4.39 Å². The molecule has 1 aromatic rings. The van der Waals surface area contributed by atoms with Crippen LogP contribution in [-0.2, 0) is 0 Å². The minimum Gasteiger partial charge on any atom is -0.376 e. The quantitative estimate of drug-likeness (QED) is 0.775. The van der Waals surface area contributed by atoms with Crippen molar-refractivity contribution in [2.75, 3.05) is 53.5 Å². The number of aromatic nitrogens is 1. The van der Waals surface area contributed by atoms with Gasteiger partial charge in [0.15, 0.2) is 0 Å². The van der Waals surface area contributed by atoms with Gasteiger partial charge < -0.3 is 9.91 Å². The van der Waals surface area contributed by atoms with Gasteiger partial charge in [0.25, 0.3) is 0 Å². The minimum absolute atomic E-state index is 0.250. The second kappa shape index (κ2) is 10.0. The smallest absolute Gasteiger partial charge is 0.0866 e. The zero-order valence-electron chi connectivity index (χ0n) is 18.2. The second-order valence-corrected chi connectivity index (χ2v) is 7.87. The Morgan fingerprint density at radius 2 is 2.03 bits per heavy atom. The van der Waals surface area contributed by atoms with Gasteiger partial charge in [-0.3, -0.25) is 14.3 Å². The molecule has 1 unspecified atom stereocenters. The van der Waals surface area contributed by atoms with E-state index < -0.39 is 0 Å². The summed E-state index contributed by atoms with van der Waals surface area (Å²) >= 11 is 0. The lowest BCUT2D eigenvalue weighted by Gasteiger charge is -2.48. The third kappa shape index (κ3) is 5.25. The van der Waals surface area contributed by atoms with Gasteiger partial charge in [-0.1, -0.05) is 24.3 Å². The number of piperazine rings is 1. The molecule has 1 atom stereocenters. The Morgan fingerprint density at radius 1 is 1.24 bits per heavy atom. The number of alkyl halides is 1. The average molecular weight is 400 g/mol. The van der Waals surface area contributed by atoms with Gasteiger partial charge in [-0.2, -0.15) is 0 Å². The van der Waals surface area contributed by atoms with Gasteiger partial charge in [-0.05, 0) is 37.5 Å². The van der Waals surface area contributed by atoms with E-state index in [2.05, 4.69) is 76.3 Å². The monoisotopic (exact) mass is 399 g/mol. The molecule has 0 spiro atoms. The predicted octanol–water partition coefficient (Wildman–Crippen LogP) is 3.54. The summed E-state index contributed by atoms with van der Waals surface area (Å²) in [5.74, 6) is 0. The molecular weight excluding hydrogens is 365 g/mol. The highest BCUT2D eigenvalue weighted by molar-refractivity contribution is 5.26. The van der Waals surface area contributed by atoms with Crippen LogP contribution in [-0.4, -0.2) is 78.3 Å². The van der Waals surface area contributed by atoms with Crippen molar-refractivity contribution < 1.29 is 4.39 Å². The second-order valence-electron chi connectivity index (χ2n) is 7.87. The van der Waals surface area contributed by atoms with E-state index in [0.717, 1.165) is 39.1 Å². The molecule has 0 saturated carbocycles. The van der Waals surface area contributed by atoms with Crippen molar-refractivity contribution in [1.29, 1.82) is 0 Å². The molecule has 0 N–H and O–H groups in total. The fourth-order valence-electron chi connectivity index (χ4n) is 4.24. The lowest BCUT2D eigenvalue weighted by Crippen LogP contribution is -2.54. The van der Waals surface area contributed by atoms with Gasteiger partial charge in [0, 0.05) is 64.9 Å². The van der Waals surface area contributed by atoms with Gasteiger partial charge in [-0.15, -0.1) is 0 Å². The number of hydrazine groups is 1. The summed E-state index contributed by atoms with van der Waals surface area (Å²) in [5.41, 5.74) is 5.31. The lowest BCUT2D eigenvalue weighted by atomic mass is 10.0. The molecule has 0 bridgehead atoms. The zero-order valence-corrected chi connectivity index (χ0v) is 18.2. The molecule has 1 fully saturated rings. The summed E-state index contributed by atoms with van der Waals surface area (Å²) in [7, 11) is 4.35. The standard InChI is InChI=1S/C21H29N5.C2H5F/c1-17-6-4-10-22-21(17)20-9-8-19-16-25(12-13-26(19)24(20)3)15-18-7-5-11-23(2)14-18;1-2-3/h4-8,10,14,20H,9,11-13,15-16H2,1-3H3;2H2,1H3. The molecule has 29 heavy (non-hydrogen) atoms. The fourth-order valence-corrected chi connectivity index (χ4v) is 4.24. The van der Waals surface area contributed by atoms with Crippen molar-refractivity contribution in [2.24, 2.45) is 0 Å². The van der Waals surface area contributed by atoms with Crippen molar-refractivity contribution in [3.05, 3.63) is 65.3 Å². The number of pyridine rings is 1. The maximum absolute atomic E-state index is 10.3. The first-order chi connectivity index (χ1) is 14.0. The molecule has 1 aromatic heterocycles. The maximum Gasteiger partial charge on any atom is 0.0866 e. The van der Waals surface area contributed by atoms with Crippen LogP contribution in [0.2, 0.25) is 0 Å². The Bertz CT molecular complexity index is 772. The molecule has 0 aromatic carbocycles. The van der Waals surface area contributed by atoms with Crippen molar-refractivity contribution >= 4 is 0 Å². The van der Waals surface area contributed by atoms with E-state index in [-0.39, 0.29) is 6.67 Å². The number of halogens is 1. The van der Waals surface area contributed by atoms with Crippen molar-refractivity contribution in [2.45, 2.75) is 26.3 Å². The van der Waals surface area contributed by atoms with Gasteiger partial charge in [0.1, 0.15) is 0 Å². The molecule has 3 aliphatic rings. The highest BCUT2D eigenvalue weighted by Crippen LogP contribution is 2.33. The van der Waals surface area contributed by atoms with Gasteiger partial charge in [0.05, 0.1) is 18.4 Å². The third-order valence-corrected chi connectivity index (χ3v) is 5.64. The molecule has 3 aliphatic heterocycles. The van der Waals surface area contributed by atoms with Crippen molar-refractivity contribution in [3.8, 4) is 0 Å². The number of hydrogen-bond acceptors (Lipinski definition) is 5. The van der Waals surface area contributed by atoms with Gasteiger partial charge in [-0.25, -0.2) is 5.01 Å². The molecule has 0 radical (unpaired) electrons. The number of fused-ring (bicyclic) bond motifs is 1. The fraction of sp³-hybridized carbons (Fsp3) is 0.522. The van der Waals surface area contributed by atoms with Crippen LogP contribution in [0.5, 0.6) is 0 Å². The summed E-state index contributed by atoms with van der Waals surface area (Å²) in [6, 6.07) is 4.52. The van der Waals surface area contributed by atoms with E-state index in [1.165, 1.54) is 29.5 Å². The molecule has 1 saturated heterocycles. The van der Waals surface area contributed by atoms with Crippen LogP contribution in [0.1, 0.15) is 30.6 Å². The van der Waals surface area contributed by atoms with Crippen LogP contribution in [0, 0.1) is 6.92 Å². The molecule has 6 heteroatoms. The Morgan fingerprint density at radius 3 is 2.76 bits per heavy atom. The predicted molar refractivity (Wildman–Crippen MR) is 117 cm³/mol. The van der Waals surface area contributed by atoms with Crippen LogP contribution in [0.4, 0.5) is 4.39 Å². The first-order valence-corrected chi connectivity index (χ1v) is 10.5. The first-order valence-electron chi connectivity index (χ1n) is 10.5. The Kier molecular flexibility index (Phi) is 7.45. The Hall–Kier alpha value is -2.18. The highest BCUT2D eigenvalue weighted by Gasteiger charge is 2.33. The molecule has 158 valence electrons. The molecule has 4 rings (SSSR count). The van der Waals surface area contributed by atoms with Crippen LogP contribution in [0.3, 0.4) is 0 Å². The number of aryl methyl sites for hydroxylation is 1. The highest BCUT2D eigenvalue weighted by atomic mass is 19.1. The number of likely N-dealkylation sites (N-methyl/N-ethyl adjacent to an activating group) is 1. The van der Waals surface area contributed by atoms with Crippen molar-refractivity contribution in [3.63, 3.8) is 0 Å². The minimum atomic E-state index is -0.250. The summed E-state index contributed by atoms with van der Waals surface area (Å²) in [4.78, 5) is 9.46. The molecule has 5 nitrogen and oxygen atoms in total. The van der Waals surface area contributed by atoms with Crippen LogP contribution < -0.4 is 0 Å². The molecule has 0 aliphatic carbocycles. The summed E-state index contributed by atoms with van der Waals surface area (Å²) in [5, 5.41) is 4.85. The Balaban J connectivity index is 0.000000755. The van der Waals surface area contributed by atoms with Crippen LogP contribution in [0.15, 0.2) is 54.0 Å². The van der Waals surface area contributed by atoms with Gasteiger partial charge in [0.2, 0.25) is 0 Å². The summed E-state index contributed by atoms with van der Waals surface area (Å²) in [6.45, 7) is 8.56. The normalized spacial score (nSPS) is 22.4. The lowest BCUT2D eigenvalue weighted by molar-refractivity contribution is -0.0465. The maximum atomic E-state index is 10.3. The van der Waals surface area contributed by atoms with Crippen LogP contribution >= 0.6 is 0 Å². The SMILES string of the molecule is CCF.Cc1cccnc1C1CC=C2CN(CC3=CN(C)CC=C3)CCN2N1C. The van der Waals surface area contributed by atoms with E-state index in [4.69, 9.17) is 0 Å². The number of nitrogens with zero attached hydrogens (tertiary/aromatic N) is 5. The topological polar surface area (TPSA) is 25.9 Å². The Labute approximate surface area is 174 Å². The van der Waals surface area contributed by atoms with E-state index in [0.29, 0.717) is 6.04 Å². The summed E-state index contributed by atoms with van der Waals surface area (Å²) < 4.78 is 10.3. The molecule has 4 heterocycles. The number of rotatable bonds is 3. The average Bonchev–Trinajstić information content (AvgIpc) is 2.70. The number of hydrogen-bond donors (Lipinski definition) is 0. The van der Waals surface area contributed by atoms with Gasteiger partial charge >= 0.3 is 0 Å². The molecule has 0 amide bonds.